The third-order valence-corrected chi connectivity index (χ3v) is 4.75. The van der Waals surface area contributed by atoms with E-state index in [4.69, 9.17) is 0 Å². The highest BCUT2D eigenvalue weighted by atomic mass is 15.2. The summed E-state index contributed by atoms with van der Waals surface area (Å²) in [5.41, 5.74) is 0. The van der Waals surface area contributed by atoms with Crippen molar-refractivity contribution in [3.05, 3.63) is 0 Å². The maximum absolute atomic E-state index is 2.74. The summed E-state index contributed by atoms with van der Waals surface area (Å²) in [5, 5.41) is 0. The highest BCUT2D eigenvalue weighted by Gasteiger charge is 2.39. The smallest absolute Gasteiger partial charge is 0.00258 e. The Bertz CT molecular complexity index is 242. The maximum atomic E-state index is 2.74. The first kappa shape index (κ1) is 11.0. The average Bonchev–Trinajstić information content (AvgIpc) is 2.81. The predicted octanol–water partition coefficient (Wildman–Crippen LogP) is 0.432. The van der Waals surface area contributed by atoms with Gasteiger partial charge in [0.2, 0.25) is 0 Å². The van der Waals surface area contributed by atoms with Gasteiger partial charge >= 0.3 is 0 Å². The van der Waals surface area contributed by atoms with E-state index < -0.39 is 0 Å². The first-order valence-corrected chi connectivity index (χ1v) is 6.80. The van der Waals surface area contributed by atoms with E-state index in [2.05, 4.69) is 28.8 Å². The molecule has 3 heteroatoms. The Morgan fingerprint density at radius 2 is 1.56 bits per heavy atom. The molecule has 0 aromatic heterocycles. The summed E-state index contributed by atoms with van der Waals surface area (Å²) in [6, 6.07) is 0. The molecule has 0 amide bonds. The summed E-state index contributed by atoms with van der Waals surface area (Å²) in [6.45, 7) is 9.42. The lowest BCUT2D eigenvalue weighted by molar-refractivity contribution is 0.241. The third-order valence-electron chi connectivity index (χ3n) is 4.75. The van der Waals surface area contributed by atoms with E-state index >= 15 is 0 Å². The van der Waals surface area contributed by atoms with Crippen LogP contribution in [0.1, 0.15) is 6.42 Å². The van der Waals surface area contributed by atoms with Crippen molar-refractivity contribution < 1.29 is 0 Å². The van der Waals surface area contributed by atoms with E-state index in [1.165, 1.54) is 52.2 Å². The second kappa shape index (κ2) is 4.28. The van der Waals surface area contributed by atoms with Crippen molar-refractivity contribution in [1.82, 2.24) is 14.7 Å². The van der Waals surface area contributed by atoms with Gasteiger partial charge < -0.3 is 14.7 Å². The van der Waals surface area contributed by atoms with Gasteiger partial charge in [0.1, 0.15) is 0 Å². The average molecular weight is 223 g/mol. The minimum atomic E-state index is 0.946. The number of hydrogen-bond donors (Lipinski definition) is 0. The standard InChI is InChI=1S/C13H25N3/c1-14-4-3-11(5-14)6-16-9-12-7-15(2)8-13(12)10-16/h11-13H,3-10H2,1-2H3. The SMILES string of the molecule is CN1CCC(CN2CC3CN(C)CC3C2)C1. The Kier molecular flexibility index (Phi) is 2.94. The van der Waals surface area contributed by atoms with E-state index in [0.29, 0.717) is 0 Å². The van der Waals surface area contributed by atoms with Crippen molar-refractivity contribution >= 4 is 0 Å². The van der Waals surface area contributed by atoms with Crippen LogP contribution in [-0.2, 0) is 0 Å². The lowest BCUT2D eigenvalue weighted by atomic mass is 10.0. The van der Waals surface area contributed by atoms with Crippen molar-refractivity contribution in [1.29, 1.82) is 0 Å². The quantitative estimate of drug-likeness (QED) is 0.672. The van der Waals surface area contributed by atoms with Crippen LogP contribution in [-0.4, -0.2) is 74.6 Å². The van der Waals surface area contributed by atoms with E-state index in [1.807, 2.05) is 0 Å². The number of likely N-dealkylation sites (tertiary alicyclic amines) is 3. The molecular formula is C13H25N3. The van der Waals surface area contributed by atoms with E-state index in [1.54, 1.807) is 0 Å². The molecule has 3 aliphatic heterocycles. The molecule has 0 saturated carbocycles. The molecule has 16 heavy (non-hydrogen) atoms. The van der Waals surface area contributed by atoms with Crippen LogP contribution in [0.3, 0.4) is 0 Å². The van der Waals surface area contributed by atoms with E-state index in [9.17, 15) is 0 Å². The monoisotopic (exact) mass is 223 g/mol. The van der Waals surface area contributed by atoms with Crippen molar-refractivity contribution in [2.45, 2.75) is 6.42 Å². The van der Waals surface area contributed by atoms with Crippen LogP contribution in [0.2, 0.25) is 0 Å². The van der Waals surface area contributed by atoms with Gasteiger partial charge in [-0.25, -0.2) is 0 Å². The normalized spacial score (nSPS) is 42.0. The molecule has 0 aliphatic carbocycles. The van der Waals surface area contributed by atoms with Gasteiger partial charge in [0, 0.05) is 39.3 Å². The summed E-state index contributed by atoms with van der Waals surface area (Å²) in [4.78, 5) is 7.73. The highest BCUT2D eigenvalue weighted by Crippen LogP contribution is 2.31. The number of hydrogen-bond acceptors (Lipinski definition) is 3. The van der Waals surface area contributed by atoms with Crippen molar-refractivity contribution in [2.24, 2.45) is 17.8 Å². The fourth-order valence-electron chi connectivity index (χ4n) is 4.01. The van der Waals surface area contributed by atoms with Gasteiger partial charge in [0.05, 0.1) is 0 Å². The first-order valence-electron chi connectivity index (χ1n) is 6.80. The molecule has 3 atom stereocenters. The molecule has 0 bridgehead atoms. The Hall–Kier alpha value is -0.120. The largest absolute Gasteiger partial charge is 0.306 e. The second-order valence-corrected chi connectivity index (χ2v) is 6.38. The first-order chi connectivity index (χ1) is 7.70. The number of fused-ring (bicyclic) bond motifs is 1. The van der Waals surface area contributed by atoms with E-state index in [0.717, 1.165) is 17.8 Å². The second-order valence-electron chi connectivity index (χ2n) is 6.38. The fourth-order valence-corrected chi connectivity index (χ4v) is 4.01. The Balaban J connectivity index is 1.48. The maximum Gasteiger partial charge on any atom is 0.00258 e. The van der Waals surface area contributed by atoms with Gasteiger partial charge in [-0.2, -0.15) is 0 Å². The molecule has 3 saturated heterocycles. The zero-order valence-corrected chi connectivity index (χ0v) is 10.7. The number of rotatable bonds is 2. The Labute approximate surface area is 99.4 Å². The summed E-state index contributed by atoms with van der Waals surface area (Å²) >= 11 is 0. The zero-order valence-electron chi connectivity index (χ0n) is 10.7. The molecule has 3 nitrogen and oxygen atoms in total. The van der Waals surface area contributed by atoms with Gasteiger partial charge in [-0.15, -0.1) is 0 Å². The van der Waals surface area contributed by atoms with Crippen LogP contribution in [0, 0.1) is 17.8 Å². The molecule has 92 valence electrons. The van der Waals surface area contributed by atoms with Crippen molar-refractivity contribution in [3.8, 4) is 0 Å². The van der Waals surface area contributed by atoms with Gasteiger partial charge in [0.25, 0.3) is 0 Å². The highest BCUT2D eigenvalue weighted by molar-refractivity contribution is 4.93. The minimum absolute atomic E-state index is 0.946. The molecule has 0 radical (unpaired) electrons. The fraction of sp³-hybridized carbons (Fsp3) is 1.00. The van der Waals surface area contributed by atoms with Crippen LogP contribution < -0.4 is 0 Å². The zero-order chi connectivity index (χ0) is 11.1. The topological polar surface area (TPSA) is 9.72 Å². The molecular weight excluding hydrogens is 198 g/mol. The number of nitrogens with zero attached hydrogens (tertiary/aromatic N) is 3. The molecule has 3 rings (SSSR count). The van der Waals surface area contributed by atoms with Gasteiger partial charge in [-0.3, -0.25) is 0 Å². The molecule has 3 fully saturated rings. The van der Waals surface area contributed by atoms with Crippen LogP contribution in [0.25, 0.3) is 0 Å². The predicted molar refractivity (Wildman–Crippen MR) is 66.5 cm³/mol. The Morgan fingerprint density at radius 1 is 0.875 bits per heavy atom. The molecule has 0 aromatic rings. The van der Waals surface area contributed by atoms with Crippen molar-refractivity contribution in [2.75, 3.05) is 59.9 Å². The minimum Gasteiger partial charge on any atom is -0.306 e. The molecule has 3 heterocycles. The van der Waals surface area contributed by atoms with E-state index in [-0.39, 0.29) is 0 Å². The van der Waals surface area contributed by atoms with Crippen molar-refractivity contribution in [3.63, 3.8) is 0 Å². The molecule has 0 aromatic carbocycles. The summed E-state index contributed by atoms with van der Waals surface area (Å²) in [5.74, 6) is 2.90. The summed E-state index contributed by atoms with van der Waals surface area (Å²) < 4.78 is 0. The molecule has 0 spiro atoms. The lowest BCUT2D eigenvalue weighted by Gasteiger charge is -2.22. The van der Waals surface area contributed by atoms with Crippen LogP contribution in [0.5, 0.6) is 0 Å². The van der Waals surface area contributed by atoms with Crippen LogP contribution in [0.15, 0.2) is 0 Å². The Morgan fingerprint density at radius 3 is 2.12 bits per heavy atom. The van der Waals surface area contributed by atoms with Crippen LogP contribution in [0.4, 0.5) is 0 Å². The lowest BCUT2D eigenvalue weighted by Crippen LogP contribution is -2.32. The van der Waals surface area contributed by atoms with Gasteiger partial charge in [-0.1, -0.05) is 0 Å². The summed E-state index contributed by atoms with van der Waals surface area (Å²) in [7, 11) is 4.53. The summed E-state index contributed by atoms with van der Waals surface area (Å²) in [6.07, 6.45) is 1.42. The van der Waals surface area contributed by atoms with Gasteiger partial charge in [-0.05, 0) is 44.8 Å². The molecule has 0 N–H and O–H groups in total. The molecule has 3 aliphatic rings. The van der Waals surface area contributed by atoms with Gasteiger partial charge in [0.15, 0.2) is 0 Å². The molecule has 3 unspecified atom stereocenters. The van der Waals surface area contributed by atoms with Crippen LogP contribution >= 0.6 is 0 Å². The third kappa shape index (κ3) is 2.13.